The van der Waals surface area contributed by atoms with Crippen LogP contribution in [0.3, 0.4) is 0 Å². The van der Waals surface area contributed by atoms with E-state index < -0.39 is 0 Å². The van der Waals surface area contributed by atoms with Crippen molar-refractivity contribution in [2.45, 2.75) is 0 Å². The Hall–Kier alpha value is -4.71. The molecule has 0 saturated heterocycles. The Morgan fingerprint density at radius 1 is 1.00 bits per heavy atom. The molecular weight excluding hydrogens is 477 g/mol. The zero-order valence-electron chi connectivity index (χ0n) is 21.1. The van der Waals surface area contributed by atoms with E-state index >= 15 is 0 Å². The first kappa shape index (κ1) is 23.7. The first-order chi connectivity index (χ1) is 18.6. The number of hydrogen-bond donors (Lipinski definition) is 2. The highest BCUT2D eigenvalue weighted by Gasteiger charge is 2.19. The maximum atomic E-state index is 14.7. The molecule has 38 heavy (non-hydrogen) atoms. The van der Waals surface area contributed by atoms with Crippen LogP contribution < -0.4 is 4.74 Å². The standard InChI is InChI=1S/C31H26FN5O/c1-37(2)13-14-38-22-15-21(18-33-19-22)20-11-12-29-26(16-20)31(36-35-29)30-17-25-23(7-4-6-10-28(25)34-30)24-8-3-5-9-27(24)32/h3-5,7-12,15-19,34H,13-14H2,1-2H3,(H,35,36). The van der Waals surface area contributed by atoms with Crippen molar-refractivity contribution in [2.75, 3.05) is 27.2 Å². The molecular formula is C31H26FN5O. The molecule has 6 rings (SSSR count). The number of ether oxygens (including phenoxy) is 1. The van der Waals surface area contributed by atoms with Crippen LogP contribution in [0.5, 0.6) is 5.75 Å². The molecule has 6 nitrogen and oxygen atoms in total. The summed E-state index contributed by atoms with van der Waals surface area (Å²) < 4.78 is 20.6. The number of rotatable bonds is 7. The highest BCUT2D eigenvalue weighted by atomic mass is 19.1. The van der Waals surface area contributed by atoms with Crippen LogP contribution in [0.2, 0.25) is 0 Å². The molecule has 2 N–H and O–H groups in total. The van der Waals surface area contributed by atoms with Gasteiger partial charge in [-0.2, -0.15) is 5.10 Å². The van der Waals surface area contributed by atoms with Gasteiger partial charge in [-0.1, -0.05) is 24.3 Å². The maximum absolute atomic E-state index is 14.7. The van der Waals surface area contributed by atoms with Crippen molar-refractivity contribution in [2.24, 2.45) is 0 Å². The lowest BCUT2D eigenvalue weighted by Gasteiger charge is -2.11. The monoisotopic (exact) mass is 503 g/mol. The van der Waals surface area contributed by atoms with Gasteiger partial charge in [-0.05, 0) is 67.7 Å². The summed E-state index contributed by atoms with van der Waals surface area (Å²) in [5.74, 6) is 0.469. The van der Waals surface area contributed by atoms with Crippen LogP contribution in [0.1, 0.15) is 16.8 Å². The fourth-order valence-electron chi connectivity index (χ4n) is 4.60. The number of aromatic nitrogens is 4. The van der Waals surface area contributed by atoms with Gasteiger partial charge in [0.25, 0.3) is 0 Å². The number of nitrogens with one attached hydrogen (secondary N) is 2. The predicted molar refractivity (Wildman–Crippen MR) is 149 cm³/mol. The van der Waals surface area contributed by atoms with Gasteiger partial charge < -0.3 is 14.6 Å². The molecule has 1 aliphatic rings. The molecule has 3 aromatic heterocycles. The van der Waals surface area contributed by atoms with E-state index in [1.807, 2.05) is 62.8 Å². The lowest BCUT2D eigenvalue weighted by Crippen LogP contribution is -2.19. The third-order valence-corrected chi connectivity index (χ3v) is 6.55. The zero-order valence-corrected chi connectivity index (χ0v) is 21.1. The molecule has 0 aliphatic heterocycles. The Balaban J connectivity index is 1.37. The topological polar surface area (TPSA) is 69.8 Å². The molecule has 2 aromatic carbocycles. The minimum Gasteiger partial charge on any atom is -0.491 e. The molecule has 7 heteroatoms. The van der Waals surface area contributed by atoms with Gasteiger partial charge in [0.2, 0.25) is 0 Å². The summed E-state index contributed by atoms with van der Waals surface area (Å²) in [6, 6.07) is 17.0. The van der Waals surface area contributed by atoms with Gasteiger partial charge >= 0.3 is 0 Å². The summed E-state index contributed by atoms with van der Waals surface area (Å²) in [6.45, 7) is 1.42. The highest BCUT2D eigenvalue weighted by Crippen LogP contribution is 2.36. The van der Waals surface area contributed by atoms with Crippen molar-refractivity contribution in [1.82, 2.24) is 25.1 Å². The van der Waals surface area contributed by atoms with Crippen molar-refractivity contribution >= 4 is 22.6 Å². The van der Waals surface area contributed by atoms with Crippen molar-refractivity contribution < 1.29 is 9.13 Å². The van der Waals surface area contributed by atoms with Crippen LogP contribution in [0, 0.1) is 5.82 Å². The first-order valence-electron chi connectivity index (χ1n) is 12.4. The predicted octanol–water partition coefficient (Wildman–Crippen LogP) is 6.31. The number of nitrogens with zero attached hydrogens (tertiary/aromatic N) is 3. The molecule has 0 unspecified atom stereocenters. The fourth-order valence-corrected chi connectivity index (χ4v) is 4.60. The van der Waals surface area contributed by atoms with Crippen LogP contribution in [-0.4, -0.2) is 52.3 Å². The lowest BCUT2D eigenvalue weighted by atomic mass is 9.97. The molecule has 188 valence electrons. The molecule has 0 bridgehead atoms. The second-order valence-electron chi connectivity index (χ2n) is 9.44. The summed E-state index contributed by atoms with van der Waals surface area (Å²) in [5, 5.41) is 8.73. The second kappa shape index (κ2) is 9.98. The average molecular weight is 504 g/mol. The summed E-state index contributed by atoms with van der Waals surface area (Å²) in [4.78, 5) is 9.93. The first-order valence-corrected chi connectivity index (χ1v) is 12.4. The van der Waals surface area contributed by atoms with Crippen molar-refractivity contribution in [3.63, 3.8) is 0 Å². The van der Waals surface area contributed by atoms with Crippen LogP contribution in [0.4, 0.5) is 4.39 Å². The van der Waals surface area contributed by atoms with E-state index in [2.05, 4.69) is 36.9 Å². The fraction of sp³-hybridized carbons (Fsp3) is 0.129. The minimum absolute atomic E-state index is 0.265. The number of benzene rings is 2. The summed E-state index contributed by atoms with van der Waals surface area (Å²) >= 11 is 0. The molecule has 1 aliphatic carbocycles. The maximum Gasteiger partial charge on any atom is 0.138 e. The van der Waals surface area contributed by atoms with E-state index in [-0.39, 0.29) is 5.82 Å². The summed E-state index contributed by atoms with van der Waals surface area (Å²) in [5.41, 5.74) is 10.7. The molecule has 3 heterocycles. The lowest BCUT2D eigenvalue weighted by molar-refractivity contribution is 0.261. The highest BCUT2D eigenvalue weighted by molar-refractivity contribution is 5.97. The van der Waals surface area contributed by atoms with E-state index in [1.165, 1.54) is 6.07 Å². The molecule has 0 spiro atoms. The van der Waals surface area contributed by atoms with Crippen molar-refractivity contribution in [3.8, 4) is 28.3 Å². The SMILES string of the molecule is CN(C)CCOc1cncc(-c2ccc3[nH]nc(-c4cc5c([nH]4)C=C=CC=C5c4ccccc4F)c3c2)c1. The molecule has 0 fully saturated rings. The summed E-state index contributed by atoms with van der Waals surface area (Å²) in [6.07, 6.45) is 9.13. The van der Waals surface area contributed by atoms with Gasteiger partial charge in [0.15, 0.2) is 0 Å². The zero-order chi connectivity index (χ0) is 26.1. The van der Waals surface area contributed by atoms with Gasteiger partial charge in [-0.15, -0.1) is 5.73 Å². The van der Waals surface area contributed by atoms with Gasteiger partial charge in [0, 0.05) is 40.9 Å². The molecule has 0 saturated carbocycles. The Morgan fingerprint density at radius 3 is 2.76 bits per heavy atom. The largest absolute Gasteiger partial charge is 0.491 e. The van der Waals surface area contributed by atoms with Gasteiger partial charge in [-0.3, -0.25) is 10.1 Å². The van der Waals surface area contributed by atoms with Gasteiger partial charge in [0.05, 0.1) is 23.1 Å². The molecule has 5 aromatic rings. The molecule has 0 amide bonds. The van der Waals surface area contributed by atoms with Gasteiger partial charge in [0.1, 0.15) is 23.9 Å². The number of allylic oxidation sites excluding steroid dienone is 2. The third kappa shape index (κ3) is 4.57. The third-order valence-electron chi connectivity index (χ3n) is 6.55. The Labute approximate surface area is 219 Å². The van der Waals surface area contributed by atoms with E-state index in [0.717, 1.165) is 62.5 Å². The normalized spacial score (nSPS) is 12.6. The number of fused-ring (bicyclic) bond motifs is 2. The van der Waals surface area contributed by atoms with Gasteiger partial charge in [-0.25, -0.2) is 4.39 Å². The Morgan fingerprint density at radius 2 is 1.89 bits per heavy atom. The van der Waals surface area contributed by atoms with Crippen LogP contribution in [0.15, 0.2) is 84.9 Å². The van der Waals surface area contributed by atoms with Crippen LogP contribution in [-0.2, 0) is 0 Å². The smallest absolute Gasteiger partial charge is 0.138 e. The number of aromatic amines is 2. The van der Waals surface area contributed by atoms with E-state index in [1.54, 1.807) is 24.4 Å². The molecule has 0 radical (unpaired) electrons. The number of likely N-dealkylation sites (N-methyl/N-ethyl adjacent to an activating group) is 1. The van der Waals surface area contributed by atoms with Crippen molar-refractivity contribution in [1.29, 1.82) is 0 Å². The van der Waals surface area contributed by atoms with Crippen LogP contribution >= 0.6 is 0 Å². The van der Waals surface area contributed by atoms with Crippen molar-refractivity contribution in [3.05, 3.63) is 108 Å². The Kier molecular flexibility index (Phi) is 6.22. The van der Waals surface area contributed by atoms with E-state index in [9.17, 15) is 4.39 Å². The summed E-state index contributed by atoms with van der Waals surface area (Å²) in [7, 11) is 4.03. The van der Waals surface area contributed by atoms with E-state index in [0.29, 0.717) is 12.2 Å². The quantitative estimate of drug-likeness (QED) is 0.255. The number of hydrogen-bond acceptors (Lipinski definition) is 4. The molecule has 0 atom stereocenters. The minimum atomic E-state index is -0.265. The number of halogens is 1. The van der Waals surface area contributed by atoms with E-state index in [4.69, 9.17) is 4.74 Å². The average Bonchev–Trinajstić information content (AvgIpc) is 3.48. The Bertz CT molecular complexity index is 1740. The number of H-pyrrole nitrogens is 2. The van der Waals surface area contributed by atoms with Crippen LogP contribution in [0.25, 0.3) is 45.1 Å². The number of pyridine rings is 1. The second-order valence-corrected chi connectivity index (χ2v) is 9.44.